The van der Waals surface area contributed by atoms with Crippen molar-refractivity contribution in [2.75, 3.05) is 6.61 Å². The number of carbonyl (C=O) groups is 1. The van der Waals surface area contributed by atoms with Gasteiger partial charge in [-0.3, -0.25) is 4.79 Å². The fourth-order valence-corrected chi connectivity index (χ4v) is 2.51. The summed E-state index contributed by atoms with van der Waals surface area (Å²) in [7, 11) is 0. The van der Waals surface area contributed by atoms with Crippen molar-refractivity contribution in [3.8, 4) is 0 Å². The summed E-state index contributed by atoms with van der Waals surface area (Å²) in [5.74, 6) is -0.512. The SMILES string of the molecule is O=C(NC1CCC(CO)CC1)c1ccc(Cl)c(F)c1. The molecule has 5 heteroatoms. The van der Waals surface area contributed by atoms with Gasteiger partial charge in [0.15, 0.2) is 0 Å². The maximum Gasteiger partial charge on any atom is 0.251 e. The van der Waals surface area contributed by atoms with Gasteiger partial charge in [0.05, 0.1) is 5.02 Å². The fraction of sp³-hybridized carbons (Fsp3) is 0.500. The van der Waals surface area contributed by atoms with Crippen molar-refractivity contribution in [3.05, 3.63) is 34.6 Å². The normalized spacial score (nSPS) is 23.1. The number of nitrogens with one attached hydrogen (secondary N) is 1. The van der Waals surface area contributed by atoms with Gasteiger partial charge in [-0.05, 0) is 49.8 Å². The van der Waals surface area contributed by atoms with Crippen molar-refractivity contribution < 1.29 is 14.3 Å². The van der Waals surface area contributed by atoms with Crippen LogP contribution in [0.25, 0.3) is 0 Å². The number of benzene rings is 1. The molecule has 0 unspecified atom stereocenters. The topological polar surface area (TPSA) is 49.3 Å². The van der Waals surface area contributed by atoms with Crippen LogP contribution in [0.3, 0.4) is 0 Å². The van der Waals surface area contributed by atoms with Crippen molar-refractivity contribution in [1.82, 2.24) is 5.32 Å². The molecule has 0 bridgehead atoms. The molecule has 0 atom stereocenters. The van der Waals surface area contributed by atoms with Gasteiger partial charge >= 0.3 is 0 Å². The molecule has 0 aliphatic heterocycles. The molecule has 104 valence electrons. The lowest BCUT2D eigenvalue weighted by atomic mass is 9.86. The molecule has 0 saturated heterocycles. The van der Waals surface area contributed by atoms with Crippen LogP contribution in [0.5, 0.6) is 0 Å². The molecule has 2 rings (SSSR count). The summed E-state index contributed by atoms with van der Waals surface area (Å²) in [6.07, 6.45) is 3.53. The standard InChI is InChI=1S/C14H17ClFNO2/c15-12-6-3-10(7-13(12)16)14(19)17-11-4-1-9(8-18)2-5-11/h3,6-7,9,11,18H,1-2,4-5,8H2,(H,17,19). The van der Waals surface area contributed by atoms with E-state index in [1.807, 2.05) is 0 Å². The quantitative estimate of drug-likeness (QED) is 0.897. The first-order valence-corrected chi connectivity index (χ1v) is 6.84. The third-order valence-electron chi connectivity index (χ3n) is 3.62. The van der Waals surface area contributed by atoms with Gasteiger partial charge in [-0.25, -0.2) is 4.39 Å². The molecule has 0 aromatic heterocycles. The van der Waals surface area contributed by atoms with E-state index >= 15 is 0 Å². The number of aliphatic hydroxyl groups is 1. The van der Waals surface area contributed by atoms with Crippen LogP contribution in [0.4, 0.5) is 4.39 Å². The molecule has 1 aliphatic carbocycles. The van der Waals surface area contributed by atoms with Gasteiger partial charge in [-0.15, -0.1) is 0 Å². The van der Waals surface area contributed by atoms with Crippen molar-refractivity contribution >= 4 is 17.5 Å². The lowest BCUT2D eigenvalue weighted by Gasteiger charge is -2.27. The van der Waals surface area contributed by atoms with Crippen LogP contribution in [0.15, 0.2) is 18.2 Å². The van der Waals surface area contributed by atoms with Crippen molar-refractivity contribution in [1.29, 1.82) is 0 Å². The summed E-state index contributed by atoms with van der Waals surface area (Å²) in [5, 5.41) is 12.0. The Bertz CT molecular complexity index is 459. The Labute approximate surface area is 116 Å². The van der Waals surface area contributed by atoms with Gasteiger partial charge in [0.2, 0.25) is 0 Å². The van der Waals surface area contributed by atoms with Crippen LogP contribution in [0.1, 0.15) is 36.0 Å². The minimum Gasteiger partial charge on any atom is -0.396 e. The predicted molar refractivity (Wildman–Crippen MR) is 71.7 cm³/mol. The van der Waals surface area contributed by atoms with Crippen LogP contribution in [0, 0.1) is 11.7 Å². The van der Waals surface area contributed by atoms with E-state index in [0.717, 1.165) is 31.7 Å². The largest absolute Gasteiger partial charge is 0.396 e. The maximum atomic E-state index is 13.3. The van der Waals surface area contributed by atoms with E-state index in [1.54, 1.807) is 0 Å². The molecule has 1 fully saturated rings. The van der Waals surface area contributed by atoms with Crippen molar-refractivity contribution in [2.45, 2.75) is 31.7 Å². The number of rotatable bonds is 3. The second-order valence-electron chi connectivity index (χ2n) is 5.00. The average Bonchev–Trinajstić information content (AvgIpc) is 2.42. The monoisotopic (exact) mass is 285 g/mol. The summed E-state index contributed by atoms with van der Waals surface area (Å²) in [6, 6.07) is 4.15. The zero-order valence-electron chi connectivity index (χ0n) is 10.5. The Hall–Kier alpha value is -1.13. The van der Waals surface area contributed by atoms with E-state index in [0.29, 0.717) is 5.92 Å². The Balaban J connectivity index is 1.92. The fourth-order valence-electron chi connectivity index (χ4n) is 2.40. The zero-order chi connectivity index (χ0) is 13.8. The highest BCUT2D eigenvalue weighted by molar-refractivity contribution is 6.30. The summed E-state index contributed by atoms with van der Waals surface area (Å²) in [4.78, 5) is 12.0. The lowest BCUT2D eigenvalue weighted by molar-refractivity contribution is 0.0913. The Morgan fingerprint density at radius 1 is 1.37 bits per heavy atom. The second-order valence-corrected chi connectivity index (χ2v) is 5.41. The van der Waals surface area contributed by atoms with E-state index in [4.69, 9.17) is 16.7 Å². The molecule has 3 nitrogen and oxygen atoms in total. The third-order valence-corrected chi connectivity index (χ3v) is 3.93. The molecule has 2 N–H and O–H groups in total. The zero-order valence-corrected chi connectivity index (χ0v) is 11.3. The molecule has 1 aromatic rings. The molecule has 19 heavy (non-hydrogen) atoms. The molecule has 0 heterocycles. The summed E-state index contributed by atoms with van der Waals surface area (Å²) in [6.45, 7) is 0.211. The van der Waals surface area contributed by atoms with Gasteiger partial charge in [-0.1, -0.05) is 11.6 Å². The molecular formula is C14H17ClFNO2. The number of hydrogen-bond donors (Lipinski definition) is 2. The van der Waals surface area contributed by atoms with E-state index in [9.17, 15) is 9.18 Å². The predicted octanol–water partition coefficient (Wildman–Crippen LogP) is 2.76. The maximum absolute atomic E-state index is 13.3. The first-order chi connectivity index (χ1) is 9.10. The Morgan fingerprint density at radius 2 is 2.05 bits per heavy atom. The smallest absolute Gasteiger partial charge is 0.251 e. The van der Waals surface area contributed by atoms with Crippen molar-refractivity contribution in [3.63, 3.8) is 0 Å². The van der Waals surface area contributed by atoms with Gasteiger partial charge in [-0.2, -0.15) is 0 Å². The molecular weight excluding hydrogens is 269 g/mol. The van der Waals surface area contributed by atoms with Crippen molar-refractivity contribution in [2.24, 2.45) is 5.92 Å². The lowest BCUT2D eigenvalue weighted by Crippen LogP contribution is -2.38. The molecule has 0 radical (unpaired) electrons. The highest BCUT2D eigenvalue weighted by Crippen LogP contribution is 2.24. The van der Waals surface area contributed by atoms with Crippen LogP contribution in [0.2, 0.25) is 5.02 Å². The van der Waals surface area contributed by atoms with Crippen LogP contribution in [-0.4, -0.2) is 23.7 Å². The van der Waals surface area contributed by atoms with Gasteiger partial charge in [0.1, 0.15) is 5.82 Å². The van der Waals surface area contributed by atoms with Gasteiger partial charge in [0, 0.05) is 18.2 Å². The number of aliphatic hydroxyl groups excluding tert-OH is 1. The van der Waals surface area contributed by atoms with E-state index in [2.05, 4.69) is 5.32 Å². The van der Waals surface area contributed by atoms with Gasteiger partial charge < -0.3 is 10.4 Å². The average molecular weight is 286 g/mol. The highest BCUT2D eigenvalue weighted by Gasteiger charge is 2.22. The van der Waals surface area contributed by atoms with Gasteiger partial charge in [0.25, 0.3) is 5.91 Å². The number of halogens is 2. The summed E-state index contributed by atoms with van der Waals surface area (Å²) >= 11 is 5.58. The number of carbonyl (C=O) groups excluding carboxylic acids is 1. The second kappa shape index (κ2) is 6.35. The number of hydrogen-bond acceptors (Lipinski definition) is 2. The molecule has 1 aliphatic rings. The van der Waals surface area contributed by atoms with E-state index in [1.165, 1.54) is 12.1 Å². The highest BCUT2D eigenvalue weighted by atomic mass is 35.5. The summed E-state index contributed by atoms with van der Waals surface area (Å²) < 4.78 is 13.3. The molecule has 1 amide bonds. The first kappa shape index (κ1) is 14.3. The Kier molecular flexibility index (Phi) is 4.77. The van der Waals surface area contributed by atoms with Crippen LogP contribution >= 0.6 is 11.6 Å². The minimum atomic E-state index is -0.585. The number of amides is 1. The minimum absolute atomic E-state index is 0.0139. The third kappa shape index (κ3) is 3.67. The molecule has 1 aromatic carbocycles. The van der Waals surface area contributed by atoms with Crippen LogP contribution < -0.4 is 5.32 Å². The summed E-state index contributed by atoms with van der Waals surface area (Å²) in [5.41, 5.74) is 0.284. The Morgan fingerprint density at radius 3 is 2.63 bits per heavy atom. The van der Waals surface area contributed by atoms with Crippen LogP contribution in [-0.2, 0) is 0 Å². The molecule has 0 spiro atoms. The molecule has 1 saturated carbocycles. The van der Waals surface area contributed by atoms with E-state index < -0.39 is 5.82 Å². The van der Waals surface area contributed by atoms with E-state index in [-0.39, 0.29) is 29.1 Å². The first-order valence-electron chi connectivity index (χ1n) is 6.47.